The summed E-state index contributed by atoms with van der Waals surface area (Å²) in [6.45, 7) is 5.59. The van der Waals surface area contributed by atoms with Gasteiger partial charge in [-0.05, 0) is 30.5 Å². The number of halogens is 1. The van der Waals surface area contributed by atoms with Gasteiger partial charge in [0.05, 0.1) is 11.4 Å². The van der Waals surface area contributed by atoms with Crippen molar-refractivity contribution in [3.05, 3.63) is 22.7 Å². The maximum atomic E-state index is 5.92. The van der Waals surface area contributed by atoms with E-state index in [0.717, 1.165) is 28.3 Å². The minimum absolute atomic E-state index is 0.809. The molecule has 0 unspecified atom stereocenters. The minimum Gasteiger partial charge on any atom is -0.397 e. The van der Waals surface area contributed by atoms with Gasteiger partial charge < -0.3 is 11.1 Å². The Bertz CT molecular complexity index is 350. The highest BCUT2D eigenvalue weighted by Gasteiger charge is 1.99. The zero-order valence-corrected chi connectivity index (χ0v) is 13.1. The molecule has 0 radical (unpaired) electrons. The van der Waals surface area contributed by atoms with Crippen LogP contribution in [-0.4, -0.2) is 6.54 Å². The number of hydrogen-bond donors (Lipinski definition) is 2. The summed E-state index contributed by atoms with van der Waals surface area (Å²) in [6.07, 6.45) is 6.57. The Labute approximate surface area is 119 Å². The first-order chi connectivity index (χ1) is 8.59. The van der Waals surface area contributed by atoms with Crippen LogP contribution in [0.2, 0.25) is 0 Å². The third kappa shape index (κ3) is 6.29. The van der Waals surface area contributed by atoms with E-state index >= 15 is 0 Å². The molecule has 3 N–H and O–H groups in total. The highest BCUT2D eigenvalue weighted by Crippen LogP contribution is 2.23. The van der Waals surface area contributed by atoms with Crippen LogP contribution in [0.5, 0.6) is 0 Å². The van der Waals surface area contributed by atoms with E-state index in [1.165, 1.54) is 32.1 Å². The maximum Gasteiger partial charge on any atom is 0.0574 e. The average molecular weight is 313 g/mol. The van der Waals surface area contributed by atoms with Gasteiger partial charge in [-0.1, -0.05) is 55.5 Å². The van der Waals surface area contributed by atoms with Gasteiger partial charge in [0.2, 0.25) is 0 Å². The molecule has 0 aliphatic heterocycles. The number of anilines is 2. The zero-order valence-electron chi connectivity index (χ0n) is 11.5. The van der Waals surface area contributed by atoms with Crippen molar-refractivity contribution in [1.82, 2.24) is 0 Å². The molecule has 0 atom stereocenters. The molecular weight excluding hydrogens is 288 g/mol. The van der Waals surface area contributed by atoms with E-state index in [2.05, 4.69) is 35.1 Å². The highest BCUT2D eigenvalue weighted by molar-refractivity contribution is 9.10. The fraction of sp³-hybridized carbons (Fsp3) is 0.600. The van der Waals surface area contributed by atoms with Crippen molar-refractivity contribution in [1.29, 1.82) is 0 Å². The number of nitrogens with two attached hydrogens (primary N) is 1. The van der Waals surface area contributed by atoms with Crippen LogP contribution < -0.4 is 11.1 Å². The van der Waals surface area contributed by atoms with Crippen LogP contribution >= 0.6 is 15.9 Å². The van der Waals surface area contributed by atoms with Crippen molar-refractivity contribution in [2.45, 2.75) is 46.0 Å². The smallest absolute Gasteiger partial charge is 0.0574 e. The lowest BCUT2D eigenvalue weighted by molar-refractivity contribution is 0.523. The molecule has 1 aromatic carbocycles. The summed E-state index contributed by atoms with van der Waals surface area (Å²) in [4.78, 5) is 0. The van der Waals surface area contributed by atoms with E-state index in [1.54, 1.807) is 0 Å². The lowest BCUT2D eigenvalue weighted by Crippen LogP contribution is -2.04. The Morgan fingerprint density at radius 2 is 1.89 bits per heavy atom. The molecule has 0 aliphatic carbocycles. The first-order valence-corrected chi connectivity index (χ1v) is 7.68. The Balaban J connectivity index is 2.11. The van der Waals surface area contributed by atoms with Crippen molar-refractivity contribution in [2.24, 2.45) is 5.92 Å². The average Bonchev–Trinajstić information content (AvgIpc) is 2.30. The molecule has 18 heavy (non-hydrogen) atoms. The molecule has 0 saturated carbocycles. The molecule has 1 aromatic rings. The minimum atomic E-state index is 0.809. The molecule has 1 rings (SSSR count). The molecule has 0 aromatic heterocycles. The van der Waals surface area contributed by atoms with Crippen LogP contribution in [0.4, 0.5) is 11.4 Å². The molecule has 0 heterocycles. The number of nitrogens with one attached hydrogen (secondary N) is 1. The van der Waals surface area contributed by atoms with Gasteiger partial charge in [0.25, 0.3) is 0 Å². The fourth-order valence-corrected chi connectivity index (χ4v) is 2.33. The quantitative estimate of drug-likeness (QED) is 0.520. The second kappa shape index (κ2) is 8.41. The Kier molecular flexibility index (Phi) is 7.18. The molecule has 102 valence electrons. The first kappa shape index (κ1) is 15.4. The van der Waals surface area contributed by atoms with Crippen molar-refractivity contribution in [3.8, 4) is 0 Å². The number of nitrogen functional groups attached to an aromatic ring is 1. The molecule has 0 saturated heterocycles. The summed E-state index contributed by atoms with van der Waals surface area (Å²) in [6, 6.07) is 5.98. The lowest BCUT2D eigenvalue weighted by Gasteiger charge is -2.09. The molecule has 3 heteroatoms. The number of rotatable bonds is 8. The number of hydrogen-bond acceptors (Lipinski definition) is 2. The van der Waals surface area contributed by atoms with Gasteiger partial charge in [0.1, 0.15) is 0 Å². The predicted octanol–water partition coefficient (Wildman–Crippen LogP) is 5.05. The molecule has 0 aliphatic rings. The second-order valence-electron chi connectivity index (χ2n) is 5.26. The van der Waals surface area contributed by atoms with Gasteiger partial charge in [-0.25, -0.2) is 0 Å². The van der Waals surface area contributed by atoms with Gasteiger partial charge >= 0.3 is 0 Å². The van der Waals surface area contributed by atoms with Gasteiger partial charge in [-0.3, -0.25) is 0 Å². The Morgan fingerprint density at radius 1 is 1.17 bits per heavy atom. The van der Waals surface area contributed by atoms with Crippen molar-refractivity contribution in [2.75, 3.05) is 17.6 Å². The molecular formula is C15H25BrN2. The highest BCUT2D eigenvalue weighted by atomic mass is 79.9. The van der Waals surface area contributed by atoms with E-state index in [-0.39, 0.29) is 0 Å². The van der Waals surface area contributed by atoms with Crippen LogP contribution in [0.25, 0.3) is 0 Å². The Morgan fingerprint density at radius 3 is 2.56 bits per heavy atom. The molecule has 0 fully saturated rings. The predicted molar refractivity (Wildman–Crippen MR) is 85.0 cm³/mol. The summed E-state index contributed by atoms with van der Waals surface area (Å²) in [5.41, 5.74) is 7.78. The maximum absolute atomic E-state index is 5.92. The molecule has 2 nitrogen and oxygen atoms in total. The van der Waals surface area contributed by atoms with E-state index in [1.807, 2.05) is 18.2 Å². The summed E-state index contributed by atoms with van der Waals surface area (Å²) < 4.78 is 1.03. The van der Waals surface area contributed by atoms with Crippen molar-refractivity contribution in [3.63, 3.8) is 0 Å². The van der Waals surface area contributed by atoms with Crippen LogP contribution in [0.1, 0.15) is 46.0 Å². The van der Waals surface area contributed by atoms with Crippen LogP contribution in [0.15, 0.2) is 22.7 Å². The SMILES string of the molecule is CC(C)CCCCCCNc1ccc(Br)cc1N. The third-order valence-corrected chi connectivity index (χ3v) is 3.53. The fourth-order valence-electron chi connectivity index (χ4n) is 1.95. The molecule has 0 spiro atoms. The van der Waals surface area contributed by atoms with Crippen molar-refractivity contribution < 1.29 is 0 Å². The summed E-state index contributed by atoms with van der Waals surface area (Å²) in [7, 11) is 0. The first-order valence-electron chi connectivity index (χ1n) is 6.88. The van der Waals surface area contributed by atoms with Crippen LogP contribution in [-0.2, 0) is 0 Å². The summed E-state index contributed by atoms with van der Waals surface area (Å²) in [5.74, 6) is 0.839. The third-order valence-electron chi connectivity index (χ3n) is 3.04. The van der Waals surface area contributed by atoms with E-state index in [9.17, 15) is 0 Å². The standard InChI is InChI=1S/C15H25BrN2/c1-12(2)7-5-3-4-6-10-18-15-9-8-13(16)11-14(15)17/h8-9,11-12,18H,3-7,10,17H2,1-2H3. The largest absolute Gasteiger partial charge is 0.397 e. The topological polar surface area (TPSA) is 38.0 Å². The van der Waals surface area contributed by atoms with E-state index in [4.69, 9.17) is 5.73 Å². The van der Waals surface area contributed by atoms with Gasteiger partial charge in [-0.15, -0.1) is 0 Å². The van der Waals surface area contributed by atoms with E-state index < -0.39 is 0 Å². The van der Waals surface area contributed by atoms with Gasteiger partial charge in [-0.2, -0.15) is 0 Å². The monoisotopic (exact) mass is 312 g/mol. The zero-order chi connectivity index (χ0) is 13.4. The molecule has 0 amide bonds. The van der Waals surface area contributed by atoms with Gasteiger partial charge in [0, 0.05) is 11.0 Å². The van der Waals surface area contributed by atoms with Crippen LogP contribution in [0.3, 0.4) is 0 Å². The Hall–Kier alpha value is -0.700. The van der Waals surface area contributed by atoms with Crippen LogP contribution in [0, 0.1) is 5.92 Å². The van der Waals surface area contributed by atoms with Crippen molar-refractivity contribution >= 4 is 27.3 Å². The molecule has 0 bridgehead atoms. The summed E-state index contributed by atoms with van der Waals surface area (Å²) >= 11 is 3.41. The normalized spacial score (nSPS) is 10.9. The number of unbranched alkanes of at least 4 members (excludes halogenated alkanes) is 3. The van der Waals surface area contributed by atoms with E-state index in [0.29, 0.717) is 0 Å². The lowest BCUT2D eigenvalue weighted by atomic mass is 10.0. The second-order valence-corrected chi connectivity index (χ2v) is 6.17. The van der Waals surface area contributed by atoms with Gasteiger partial charge in [0.15, 0.2) is 0 Å². The number of benzene rings is 1. The summed E-state index contributed by atoms with van der Waals surface area (Å²) in [5, 5.41) is 3.39.